The summed E-state index contributed by atoms with van der Waals surface area (Å²) in [6, 6.07) is 7.51. The number of carbonyl (C=O) groups excluding carboxylic acids is 1. The third-order valence-electron chi connectivity index (χ3n) is 3.03. The minimum Gasteiger partial charge on any atom is -0.450 e. The highest BCUT2D eigenvalue weighted by Gasteiger charge is 2.33. The van der Waals surface area contributed by atoms with E-state index in [0.717, 1.165) is 11.4 Å². The van der Waals surface area contributed by atoms with E-state index in [1.54, 1.807) is 4.90 Å². The van der Waals surface area contributed by atoms with Gasteiger partial charge in [0.1, 0.15) is 6.10 Å². The molecule has 1 aromatic carbocycles. The van der Waals surface area contributed by atoms with Crippen molar-refractivity contribution >= 4 is 23.4 Å². The molecule has 1 fully saturated rings. The first-order valence-corrected chi connectivity index (χ1v) is 5.94. The van der Waals surface area contributed by atoms with E-state index in [-0.39, 0.29) is 18.9 Å². The summed E-state index contributed by atoms with van der Waals surface area (Å²) in [6.45, 7) is 0.270. The number of amides is 1. The van der Waals surface area contributed by atoms with Crippen molar-refractivity contribution < 1.29 is 19.4 Å². The second kappa shape index (κ2) is 5.17. The molecule has 1 N–H and O–H groups in total. The number of rotatable bonds is 3. The van der Waals surface area contributed by atoms with Gasteiger partial charge in [0.15, 0.2) is 0 Å². The normalized spacial score (nSPS) is 18.5. The number of nitrogens with zero attached hydrogens (tertiary/aromatic N) is 2. The molecule has 102 valence electrons. The largest absolute Gasteiger partial charge is 0.506 e. The van der Waals surface area contributed by atoms with Gasteiger partial charge in [-0.3, -0.25) is 4.79 Å². The van der Waals surface area contributed by atoms with Gasteiger partial charge in [-0.1, -0.05) is 0 Å². The van der Waals surface area contributed by atoms with Crippen molar-refractivity contribution in [1.29, 1.82) is 0 Å². The van der Waals surface area contributed by atoms with E-state index in [1.807, 2.05) is 43.3 Å². The molecule has 19 heavy (non-hydrogen) atoms. The zero-order valence-electron chi connectivity index (χ0n) is 10.9. The van der Waals surface area contributed by atoms with Crippen LogP contribution in [0.25, 0.3) is 0 Å². The van der Waals surface area contributed by atoms with Crippen molar-refractivity contribution in [2.24, 2.45) is 0 Å². The van der Waals surface area contributed by atoms with E-state index in [1.165, 1.54) is 0 Å². The molecule has 2 rings (SSSR count). The number of benzene rings is 1. The summed E-state index contributed by atoms with van der Waals surface area (Å²) in [6.07, 6.45) is -1.83. The fourth-order valence-electron chi connectivity index (χ4n) is 2.08. The predicted molar refractivity (Wildman–Crippen MR) is 70.6 cm³/mol. The topological polar surface area (TPSA) is 70.1 Å². The van der Waals surface area contributed by atoms with Crippen LogP contribution >= 0.6 is 0 Å². The molecular weight excluding hydrogens is 248 g/mol. The van der Waals surface area contributed by atoms with Crippen molar-refractivity contribution in [3.8, 4) is 0 Å². The van der Waals surface area contributed by atoms with Gasteiger partial charge in [-0.25, -0.2) is 4.79 Å². The van der Waals surface area contributed by atoms with Crippen molar-refractivity contribution in [3.05, 3.63) is 24.3 Å². The molecule has 1 heterocycles. The van der Waals surface area contributed by atoms with Gasteiger partial charge in [-0.05, 0) is 24.3 Å². The number of ether oxygens (including phenoxy) is 1. The third kappa shape index (κ3) is 2.96. The molecule has 0 spiro atoms. The second-order valence-corrected chi connectivity index (χ2v) is 4.63. The Balaban J connectivity index is 2.09. The Labute approximate surface area is 111 Å². The van der Waals surface area contributed by atoms with Crippen LogP contribution in [0.3, 0.4) is 0 Å². The molecule has 0 radical (unpaired) electrons. The highest BCUT2D eigenvalue weighted by molar-refractivity contribution is 5.96. The van der Waals surface area contributed by atoms with Gasteiger partial charge in [-0.2, -0.15) is 0 Å². The van der Waals surface area contributed by atoms with E-state index in [4.69, 9.17) is 5.11 Å². The summed E-state index contributed by atoms with van der Waals surface area (Å²) in [7, 11) is 3.87. The Morgan fingerprint density at radius 3 is 2.53 bits per heavy atom. The Kier molecular flexibility index (Phi) is 3.59. The number of carboxylic acid groups (broad SMARTS) is 1. The minimum atomic E-state index is -1.34. The maximum absolute atomic E-state index is 11.8. The molecule has 1 aliphatic heterocycles. The number of carbonyl (C=O) groups is 2. The second-order valence-electron chi connectivity index (χ2n) is 4.63. The summed E-state index contributed by atoms with van der Waals surface area (Å²) in [5, 5.41) is 8.56. The Bertz CT molecular complexity index is 484. The van der Waals surface area contributed by atoms with Gasteiger partial charge >= 0.3 is 6.16 Å². The van der Waals surface area contributed by atoms with Crippen LogP contribution in [-0.2, 0) is 9.53 Å². The molecule has 6 heteroatoms. The lowest BCUT2D eigenvalue weighted by atomic mass is 10.2. The lowest BCUT2D eigenvalue weighted by Gasteiger charge is -2.18. The number of hydrogen-bond acceptors (Lipinski definition) is 4. The van der Waals surface area contributed by atoms with Crippen molar-refractivity contribution in [3.63, 3.8) is 0 Å². The minimum absolute atomic E-state index is 0.0989. The van der Waals surface area contributed by atoms with E-state index >= 15 is 0 Å². The smallest absolute Gasteiger partial charge is 0.450 e. The highest BCUT2D eigenvalue weighted by Crippen LogP contribution is 2.25. The summed E-state index contributed by atoms with van der Waals surface area (Å²) in [5.41, 5.74) is 1.79. The maximum Gasteiger partial charge on any atom is 0.506 e. The van der Waals surface area contributed by atoms with Gasteiger partial charge in [0, 0.05) is 25.5 Å². The van der Waals surface area contributed by atoms with Crippen LogP contribution in [0.15, 0.2) is 24.3 Å². The van der Waals surface area contributed by atoms with Crippen LogP contribution in [0.4, 0.5) is 16.2 Å². The quantitative estimate of drug-likeness (QED) is 0.839. The monoisotopic (exact) mass is 264 g/mol. The average molecular weight is 264 g/mol. The third-order valence-corrected chi connectivity index (χ3v) is 3.03. The molecule has 0 aliphatic carbocycles. The Morgan fingerprint density at radius 2 is 2.00 bits per heavy atom. The number of hydrogen-bond donors (Lipinski definition) is 1. The first-order chi connectivity index (χ1) is 8.97. The molecular formula is C13H16N2O4. The first kappa shape index (κ1) is 13.2. The maximum atomic E-state index is 11.8. The molecule has 1 aliphatic rings. The standard InChI is InChI=1S/C13H16N2O4/c1-14(2)9-3-5-10(6-4-9)15-8-11(7-12(15)16)19-13(17)18/h3-6,11H,7-8H2,1-2H3,(H,17,18). The van der Waals surface area contributed by atoms with E-state index in [0.29, 0.717) is 0 Å². The lowest BCUT2D eigenvalue weighted by Crippen LogP contribution is -2.26. The fraction of sp³-hybridized carbons (Fsp3) is 0.385. The summed E-state index contributed by atoms with van der Waals surface area (Å²) in [4.78, 5) is 25.8. The van der Waals surface area contributed by atoms with Crippen LogP contribution < -0.4 is 9.80 Å². The van der Waals surface area contributed by atoms with Gasteiger partial charge in [0.25, 0.3) is 0 Å². The number of anilines is 2. The van der Waals surface area contributed by atoms with Crippen molar-refractivity contribution in [2.45, 2.75) is 12.5 Å². The Hall–Kier alpha value is -2.24. The average Bonchev–Trinajstić information content (AvgIpc) is 2.69. The van der Waals surface area contributed by atoms with Gasteiger partial charge in [-0.15, -0.1) is 0 Å². The lowest BCUT2D eigenvalue weighted by molar-refractivity contribution is -0.117. The summed E-state index contributed by atoms with van der Waals surface area (Å²) < 4.78 is 4.64. The van der Waals surface area contributed by atoms with Crippen LogP contribution in [0.5, 0.6) is 0 Å². The van der Waals surface area contributed by atoms with Crippen LogP contribution in [-0.4, -0.2) is 43.9 Å². The molecule has 0 saturated carbocycles. The molecule has 1 unspecified atom stereocenters. The van der Waals surface area contributed by atoms with Crippen LogP contribution in [0.2, 0.25) is 0 Å². The summed E-state index contributed by atoms with van der Waals surface area (Å²) >= 11 is 0. The molecule has 0 bridgehead atoms. The molecule has 1 atom stereocenters. The predicted octanol–water partition coefficient (Wildman–Crippen LogP) is 1.55. The SMILES string of the molecule is CN(C)c1ccc(N2CC(OC(=O)O)CC2=O)cc1. The zero-order chi connectivity index (χ0) is 14.0. The Morgan fingerprint density at radius 1 is 1.37 bits per heavy atom. The molecule has 1 aromatic rings. The van der Waals surface area contributed by atoms with Crippen molar-refractivity contribution in [1.82, 2.24) is 0 Å². The highest BCUT2D eigenvalue weighted by atomic mass is 16.7. The molecule has 6 nitrogen and oxygen atoms in total. The van der Waals surface area contributed by atoms with Gasteiger partial charge in [0.2, 0.25) is 5.91 Å². The van der Waals surface area contributed by atoms with Crippen molar-refractivity contribution in [2.75, 3.05) is 30.4 Å². The molecule has 1 amide bonds. The van der Waals surface area contributed by atoms with Crippen LogP contribution in [0.1, 0.15) is 6.42 Å². The first-order valence-electron chi connectivity index (χ1n) is 5.94. The van der Waals surface area contributed by atoms with E-state index in [9.17, 15) is 9.59 Å². The van der Waals surface area contributed by atoms with Gasteiger partial charge < -0.3 is 19.6 Å². The van der Waals surface area contributed by atoms with E-state index in [2.05, 4.69) is 4.74 Å². The van der Waals surface area contributed by atoms with Crippen LogP contribution in [0, 0.1) is 0 Å². The fourth-order valence-corrected chi connectivity index (χ4v) is 2.08. The molecule has 0 aromatic heterocycles. The zero-order valence-corrected chi connectivity index (χ0v) is 10.9. The summed E-state index contributed by atoms with van der Waals surface area (Å²) in [5.74, 6) is -0.121. The van der Waals surface area contributed by atoms with E-state index < -0.39 is 12.3 Å². The van der Waals surface area contributed by atoms with Gasteiger partial charge in [0.05, 0.1) is 13.0 Å². The molecule has 1 saturated heterocycles.